The number of aromatic nitrogens is 1. The zero-order valence-corrected chi connectivity index (χ0v) is 12.2. The molecule has 2 heterocycles. The number of ether oxygens (including phenoxy) is 2. The van der Waals surface area contributed by atoms with Crippen LogP contribution in [0.5, 0.6) is 5.75 Å². The van der Waals surface area contributed by atoms with Crippen molar-refractivity contribution >= 4 is 16.9 Å². The van der Waals surface area contributed by atoms with Crippen molar-refractivity contribution in [3.05, 3.63) is 30.0 Å². The summed E-state index contributed by atoms with van der Waals surface area (Å²) in [6.07, 6.45) is 1.51. The van der Waals surface area contributed by atoms with E-state index < -0.39 is 6.61 Å². The molecule has 1 aliphatic rings. The van der Waals surface area contributed by atoms with Crippen molar-refractivity contribution in [1.82, 2.24) is 4.57 Å². The summed E-state index contributed by atoms with van der Waals surface area (Å²) < 4.78 is 36.1. The summed E-state index contributed by atoms with van der Waals surface area (Å²) in [6.45, 7) is -0.0971. The summed E-state index contributed by atoms with van der Waals surface area (Å²) in [5.74, 6) is -0.180. The Morgan fingerprint density at radius 1 is 1.41 bits per heavy atom. The Bertz CT molecular complexity index is 696. The zero-order valence-electron chi connectivity index (χ0n) is 12.2. The summed E-state index contributed by atoms with van der Waals surface area (Å²) in [6, 6.07) is 6.85. The number of hydrogen-bond donors (Lipinski definition) is 0. The third kappa shape index (κ3) is 2.77. The van der Waals surface area contributed by atoms with Crippen LogP contribution < -0.4 is 4.74 Å². The van der Waals surface area contributed by atoms with Crippen molar-refractivity contribution in [3.63, 3.8) is 0 Å². The molecular weight excluding hydrogens is 292 g/mol. The van der Waals surface area contributed by atoms with Gasteiger partial charge in [0.2, 0.25) is 0 Å². The van der Waals surface area contributed by atoms with Crippen LogP contribution in [0.3, 0.4) is 0 Å². The van der Waals surface area contributed by atoms with E-state index in [-0.39, 0.29) is 17.6 Å². The molecule has 0 radical (unpaired) electrons. The van der Waals surface area contributed by atoms with Gasteiger partial charge >= 0.3 is 12.6 Å². The number of carbonyl (C=O) groups excluding carboxylic acids is 1. The second-order valence-corrected chi connectivity index (χ2v) is 5.33. The molecule has 0 saturated heterocycles. The van der Waals surface area contributed by atoms with E-state index in [1.807, 2.05) is 6.07 Å². The number of halogens is 2. The van der Waals surface area contributed by atoms with Gasteiger partial charge in [0.1, 0.15) is 5.75 Å². The maximum Gasteiger partial charge on any atom is 0.387 e. The van der Waals surface area contributed by atoms with E-state index in [2.05, 4.69) is 9.30 Å². The van der Waals surface area contributed by atoms with Crippen molar-refractivity contribution in [1.29, 1.82) is 0 Å². The van der Waals surface area contributed by atoms with Crippen molar-refractivity contribution in [2.45, 2.75) is 32.9 Å². The molecule has 0 aliphatic carbocycles. The Balaban J connectivity index is 1.89. The van der Waals surface area contributed by atoms with Gasteiger partial charge in [-0.25, -0.2) is 0 Å². The standard InChI is InChI=1S/C16H17F2NO3/c1-2-21-15(20)10-3-4-12-7-11-8-13(22-16(17)18)5-6-14(11)19(12)9-10/h5-8,10,16H,2-4,9H2,1H3. The van der Waals surface area contributed by atoms with Gasteiger partial charge in [-0.3, -0.25) is 4.79 Å². The summed E-state index contributed by atoms with van der Waals surface area (Å²) in [7, 11) is 0. The number of rotatable bonds is 4. The number of alkyl halides is 2. The van der Waals surface area contributed by atoms with Crippen LogP contribution in [0.25, 0.3) is 10.9 Å². The van der Waals surface area contributed by atoms with Gasteiger partial charge in [0.25, 0.3) is 0 Å². The highest BCUT2D eigenvalue weighted by Gasteiger charge is 2.27. The molecule has 22 heavy (non-hydrogen) atoms. The normalized spacial score (nSPS) is 17.5. The highest BCUT2D eigenvalue weighted by atomic mass is 19.3. The minimum Gasteiger partial charge on any atom is -0.466 e. The lowest BCUT2D eigenvalue weighted by Gasteiger charge is -2.23. The second-order valence-electron chi connectivity index (χ2n) is 5.33. The molecule has 1 atom stereocenters. The molecule has 118 valence electrons. The van der Waals surface area contributed by atoms with E-state index in [0.29, 0.717) is 13.2 Å². The van der Waals surface area contributed by atoms with Crippen LogP contribution in [-0.4, -0.2) is 23.8 Å². The molecule has 6 heteroatoms. The molecule has 2 aromatic rings. The molecule has 1 aliphatic heterocycles. The Morgan fingerprint density at radius 3 is 2.95 bits per heavy atom. The minimum atomic E-state index is -2.83. The number of nitrogens with zero attached hydrogens (tertiary/aromatic N) is 1. The molecule has 1 aromatic heterocycles. The van der Waals surface area contributed by atoms with E-state index in [4.69, 9.17) is 4.74 Å². The number of benzene rings is 1. The average Bonchev–Trinajstić information content (AvgIpc) is 2.83. The molecule has 1 aromatic carbocycles. The van der Waals surface area contributed by atoms with Crippen LogP contribution >= 0.6 is 0 Å². The van der Waals surface area contributed by atoms with Crippen LogP contribution in [-0.2, 0) is 22.5 Å². The third-order valence-corrected chi connectivity index (χ3v) is 3.96. The van der Waals surface area contributed by atoms with E-state index in [1.54, 1.807) is 19.1 Å². The Kier molecular flexibility index (Phi) is 4.00. The maximum absolute atomic E-state index is 12.3. The van der Waals surface area contributed by atoms with Crippen LogP contribution in [0.1, 0.15) is 19.0 Å². The van der Waals surface area contributed by atoms with E-state index in [0.717, 1.165) is 29.4 Å². The summed E-state index contributed by atoms with van der Waals surface area (Å²) >= 11 is 0. The molecule has 4 nitrogen and oxygen atoms in total. The van der Waals surface area contributed by atoms with Crippen molar-refractivity contribution in [2.75, 3.05) is 6.61 Å². The molecule has 0 saturated carbocycles. The predicted octanol–water partition coefficient (Wildman–Crippen LogP) is 3.37. The largest absolute Gasteiger partial charge is 0.466 e. The first-order valence-electron chi connectivity index (χ1n) is 7.32. The van der Waals surface area contributed by atoms with Gasteiger partial charge in [-0.05, 0) is 44.0 Å². The third-order valence-electron chi connectivity index (χ3n) is 3.96. The van der Waals surface area contributed by atoms with E-state index in [1.165, 1.54) is 6.07 Å². The van der Waals surface area contributed by atoms with Crippen LogP contribution in [0.2, 0.25) is 0 Å². The van der Waals surface area contributed by atoms with Crippen LogP contribution in [0.4, 0.5) is 8.78 Å². The molecule has 0 bridgehead atoms. The monoisotopic (exact) mass is 309 g/mol. The van der Waals surface area contributed by atoms with Gasteiger partial charge in [-0.2, -0.15) is 8.78 Å². The number of esters is 1. The number of hydrogen-bond acceptors (Lipinski definition) is 3. The van der Waals surface area contributed by atoms with E-state index in [9.17, 15) is 13.6 Å². The maximum atomic E-state index is 12.3. The van der Waals surface area contributed by atoms with Crippen LogP contribution in [0, 0.1) is 5.92 Å². The minimum absolute atomic E-state index is 0.146. The molecular formula is C16H17F2NO3. The molecule has 0 N–H and O–H groups in total. The smallest absolute Gasteiger partial charge is 0.387 e. The Morgan fingerprint density at radius 2 is 2.23 bits per heavy atom. The highest BCUT2D eigenvalue weighted by Crippen LogP contribution is 2.31. The molecule has 0 fully saturated rings. The fraction of sp³-hybridized carbons (Fsp3) is 0.438. The quantitative estimate of drug-likeness (QED) is 0.813. The first-order chi connectivity index (χ1) is 10.6. The van der Waals surface area contributed by atoms with Gasteiger partial charge in [-0.1, -0.05) is 0 Å². The topological polar surface area (TPSA) is 40.5 Å². The fourth-order valence-corrected chi connectivity index (χ4v) is 2.99. The molecule has 0 amide bonds. The van der Waals surface area contributed by atoms with Gasteiger partial charge in [0.05, 0.1) is 12.5 Å². The van der Waals surface area contributed by atoms with Gasteiger partial charge in [0.15, 0.2) is 0 Å². The molecule has 0 spiro atoms. The second kappa shape index (κ2) is 5.94. The number of fused-ring (bicyclic) bond motifs is 3. The fourth-order valence-electron chi connectivity index (χ4n) is 2.99. The Labute approximate surface area is 126 Å². The first-order valence-corrected chi connectivity index (χ1v) is 7.32. The van der Waals surface area contributed by atoms with E-state index >= 15 is 0 Å². The Hall–Kier alpha value is -2.11. The lowest BCUT2D eigenvalue weighted by molar-refractivity contribution is -0.149. The average molecular weight is 309 g/mol. The van der Waals surface area contributed by atoms with Gasteiger partial charge in [0, 0.05) is 23.1 Å². The summed E-state index contributed by atoms with van der Waals surface area (Å²) in [5.41, 5.74) is 2.02. The summed E-state index contributed by atoms with van der Waals surface area (Å²) in [4.78, 5) is 11.9. The number of aryl methyl sites for hydroxylation is 1. The molecule has 3 rings (SSSR count). The number of carbonyl (C=O) groups is 1. The zero-order chi connectivity index (χ0) is 15.7. The van der Waals surface area contributed by atoms with Crippen molar-refractivity contribution < 1.29 is 23.0 Å². The highest BCUT2D eigenvalue weighted by molar-refractivity contribution is 5.83. The van der Waals surface area contributed by atoms with Gasteiger partial charge < -0.3 is 14.0 Å². The lowest BCUT2D eigenvalue weighted by Crippen LogP contribution is -2.28. The van der Waals surface area contributed by atoms with Crippen molar-refractivity contribution in [3.8, 4) is 5.75 Å². The first kappa shape index (κ1) is 14.8. The lowest BCUT2D eigenvalue weighted by atomic mass is 9.98. The van der Waals surface area contributed by atoms with Gasteiger partial charge in [-0.15, -0.1) is 0 Å². The predicted molar refractivity (Wildman–Crippen MR) is 77.0 cm³/mol. The molecule has 1 unspecified atom stereocenters. The SMILES string of the molecule is CCOC(=O)C1CCc2cc3cc(OC(F)F)ccc3n2C1. The van der Waals surface area contributed by atoms with Crippen LogP contribution in [0.15, 0.2) is 24.3 Å². The summed E-state index contributed by atoms with van der Waals surface area (Å²) in [5, 5.41) is 0.845. The van der Waals surface area contributed by atoms with Crippen molar-refractivity contribution in [2.24, 2.45) is 5.92 Å².